The Kier molecular flexibility index (Phi) is 4.26. The summed E-state index contributed by atoms with van der Waals surface area (Å²) in [6, 6.07) is -0.278. The fourth-order valence-corrected chi connectivity index (χ4v) is 0.690. The second-order valence-corrected chi connectivity index (χ2v) is 2.42. The molecule has 0 spiro atoms. The summed E-state index contributed by atoms with van der Waals surface area (Å²) < 4.78 is 0. The third-order valence-corrected chi connectivity index (χ3v) is 1.21. The van der Waals surface area contributed by atoms with Crippen molar-refractivity contribution in [2.24, 2.45) is 0 Å². The van der Waals surface area contributed by atoms with Crippen molar-refractivity contribution in [3.8, 4) is 0 Å². The monoisotopic (exact) mass is 159 g/mol. The van der Waals surface area contributed by atoms with Crippen LogP contribution >= 0.6 is 0 Å². The van der Waals surface area contributed by atoms with Gasteiger partial charge >= 0.3 is 5.97 Å². The van der Waals surface area contributed by atoms with E-state index in [-0.39, 0.29) is 18.4 Å². The Balaban J connectivity index is 3.60. The summed E-state index contributed by atoms with van der Waals surface area (Å²) >= 11 is 0. The number of carboxylic acid groups (broad SMARTS) is 1. The molecule has 0 saturated carbocycles. The number of carboxylic acids is 1. The average Bonchev–Trinajstić information content (AvgIpc) is 1.85. The van der Waals surface area contributed by atoms with E-state index in [1.807, 2.05) is 0 Å². The van der Waals surface area contributed by atoms with Gasteiger partial charge in [-0.2, -0.15) is 0 Å². The molecule has 11 heavy (non-hydrogen) atoms. The summed E-state index contributed by atoms with van der Waals surface area (Å²) in [5.41, 5.74) is 0. The lowest BCUT2D eigenvalue weighted by atomic mass is 10.2. The summed E-state index contributed by atoms with van der Waals surface area (Å²) in [4.78, 5) is 20.8. The number of hydrogen-bond donors (Lipinski definition) is 2. The van der Waals surface area contributed by atoms with E-state index in [1.54, 1.807) is 13.8 Å². The molecule has 0 aromatic rings. The average molecular weight is 159 g/mol. The number of amides is 1. The molecule has 0 aliphatic heterocycles. The van der Waals surface area contributed by atoms with Gasteiger partial charge in [-0.05, 0) is 6.92 Å². The van der Waals surface area contributed by atoms with E-state index in [0.717, 1.165) is 0 Å². The Labute approximate surface area is 65.6 Å². The molecular weight excluding hydrogens is 146 g/mol. The lowest BCUT2D eigenvalue weighted by molar-refractivity contribution is -0.137. The predicted octanol–water partition coefficient (Wildman–Crippen LogP) is 0.376. The van der Waals surface area contributed by atoms with E-state index >= 15 is 0 Å². The fourth-order valence-electron chi connectivity index (χ4n) is 0.690. The van der Waals surface area contributed by atoms with Crippen LogP contribution in [0.4, 0.5) is 0 Å². The van der Waals surface area contributed by atoms with Crippen LogP contribution in [0.5, 0.6) is 0 Å². The minimum Gasteiger partial charge on any atom is -0.481 e. The molecule has 64 valence electrons. The Hall–Kier alpha value is -1.06. The third-order valence-electron chi connectivity index (χ3n) is 1.21. The molecule has 1 atom stereocenters. The van der Waals surface area contributed by atoms with E-state index in [4.69, 9.17) is 5.11 Å². The highest BCUT2D eigenvalue weighted by atomic mass is 16.4. The molecular formula is C7H13NO3. The van der Waals surface area contributed by atoms with Crippen molar-refractivity contribution in [3.63, 3.8) is 0 Å². The summed E-state index contributed by atoms with van der Waals surface area (Å²) in [5.74, 6) is -1.01. The molecule has 0 bridgehead atoms. The molecule has 0 aromatic carbocycles. The van der Waals surface area contributed by atoms with Gasteiger partial charge in [0.05, 0.1) is 6.42 Å². The maximum atomic E-state index is 10.7. The normalized spacial score (nSPS) is 12.2. The number of carbonyl (C=O) groups excluding carboxylic acids is 1. The van der Waals surface area contributed by atoms with Crippen LogP contribution in [-0.2, 0) is 9.59 Å². The second kappa shape index (κ2) is 4.71. The lowest BCUT2D eigenvalue weighted by Crippen LogP contribution is -2.33. The molecule has 4 nitrogen and oxygen atoms in total. The first-order valence-corrected chi connectivity index (χ1v) is 3.57. The smallest absolute Gasteiger partial charge is 0.305 e. The second-order valence-electron chi connectivity index (χ2n) is 2.42. The maximum Gasteiger partial charge on any atom is 0.305 e. The van der Waals surface area contributed by atoms with Crippen molar-refractivity contribution in [1.82, 2.24) is 5.32 Å². The molecule has 0 aliphatic rings. The summed E-state index contributed by atoms with van der Waals surface area (Å²) in [7, 11) is 0. The number of carbonyl (C=O) groups is 2. The van der Waals surface area contributed by atoms with Crippen molar-refractivity contribution in [3.05, 3.63) is 0 Å². The third kappa shape index (κ3) is 5.39. The Morgan fingerprint density at radius 3 is 2.45 bits per heavy atom. The molecule has 0 unspecified atom stereocenters. The lowest BCUT2D eigenvalue weighted by Gasteiger charge is -2.09. The molecule has 0 aliphatic carbocycles. The van der Waals surface area contributed by atoms with Crippen molar-refractivity contribution in [1.29, 1.82) is 0 Å². The van der Waals surface area contributed by atoms with Crippen LogP contribution in [0.2, 0.25) is 0 Å². The van der Waals surface area contributed by atoms with Gasteiger partial charge in [0.2, 0.25) is 5.91 Å². The fraction of sp³-hybridized carbons (Fsp3) is 0.714. The van der Waals surface area contributed by atoms with Crippen LogP contribution in [0, 0.1) is 0 Å². The van der Waals surface area contributed by atoms with Crippen LogP contribution in [0.1, 0.15) is 26.7 Å². The van der Waals surface area contributed by atoms with Crippen LogP contribution in [0.15, 0.2) is 0 Å². The summed E-state index contributed by atoms with van der Waals surface area (Å²) in [6.45, 7) is 3.39. The van der Waals surface area contributed by atoms with Crippen molar-refractivity contribution >= 4 is 11.9 Å². The molecule has 0 radical (unpaired) electrons. The largest absolute Gasteiger partial charge is 0.481 e. The Morgan fingerprint density at radius 1 is 1.55 bits per heavy atom. The number of rotatable bonds is 4. The van der Waals surface area contributed by atoms with Crippen molar-refractivity contribution in [2.45, 2.75) is 32.7 Å². The zero-order valence-corrected chi connectivity index (χ0v) is 6.76. The first-order valence-electron chi connectivity index (χ1n) is 3.57. The maximum absolute atomic E-state index is 10.7. The molecule has 0 aromatic heterocycles. The topological polar surface area (TPSA) is 66.4 Å². The number of nitrogens with one attached hydrogen (secondary N) is 1. The predicted molar refractivity (Wildman–Crippen MR) is 40.1 cm³/mol. The van der Waals surface area contributed by atoms with Crippen LogP contribution in [0.25, 0.3) is 0 Å². The summed E-state index contributed by atoms with van der Waals surface area (Å²) in [6.07, 6.45) is 0.371. The van der Waals surface area contributed by atoms with E-state index in [0.29, 0.717) is 6.42 Å². The molecule has 0 rings (SSSR count). The molecule has 0 saturated heterocycles. The highest BCUT2D eigenvalue weighted by Crippen LogP contribution is 1.90. The first kappa shape index (κ1) is 9.94. The van der Waals surface area contributed by atoms with Gasteiger partial charge in [0.15, 0.2) is 0 Å². The minimum absolute atomic E-state index is 0.0221. The van der Waals surface area contributed by atoms with Crippen molar-refractivity contribution in [2.75, 3.05) is 0 Å². The van der Waals surface area contributed by atoms with Crippen LogP contribution < -0.4 is 5.32 Å². The molecule has 2 N–H and O–H groups in total. The first-order chi connectivity index (χ1) is 5.06. The molecule has 4 heteroatoms. The van der Waals surface area contributed by atoms with Gasteiger partial charge in [0.1, 0.15) is 0 Å². The highest BCUT2D eigenvalue weighted by Gasteiger charge is 2.08. The van der Waals surface area contributed by atoms with Gasteiger partial charge in [-0.15, -0.1) is 0 Å². The van der Waals surface area contributed by atoms with Gasteiger partial charge in [-0.25, -0.2) is 0 Å². The number of aliphatic carboxylic acids is 1. The zero-order chi connectivity index (χ0) is 8.85. The van der Waals surface area contributed by atoms with Gasteiger partial charge in [-0.1, -0.05) is 6.92 Å². The van der Waals surface area contributed by atoms with Crippen molar-refractivity contribution < 1.29 is 14.7 Å². The zero-order valence-electron chi connectivity index (χ0n) is 6.76. The van der Waals surface area contributed by atoms with Crippen LogP contribution in [-0.4, -0.2) is 23.0 Å². The van der Waals surface area contributed by atoms with Gasteiger partial charge in [0, 0.05) is 12.5 Å². The number of hydrogen-bond acceptors (Lipinski definition) is 2. The molecule has 0 fully saturated rings. The van der Waals surface area contributed by atoms with Gasteiger partial charge in [0.25, 0.3) is 0 Å². The molecule has 1 amide bonds. The Bertz CT molecular complexity index is 156. The van der Waals surface area contributed by atoms with E-state index in [2.05, 4.69) is 5.32 Å². The van der Waals surface area contributed by atoms with Crippen LogP contribution in [0.3, 0.4) is 0 Å². The molecule has 0 heterocycles. The van der Waals surface area contributed by atoms with Gasteiger partial charge < -0.3 is 10.4 Å². The standard InChI is InChI=1S/C7H13NO3/c1-3-6(9)8-5(2)4-7(10)11/h5H,3-4H2,1-2H3,(H,8,9)(H,10,11)/t5-/m1/s1. The van der Waals surface area contributed by atoms with E-state index in [9.17, 15) is 9.59 Å². The van der Waals surface area contributed by atoms with E-state index < -0.39 is 5.97 Å². The SMILES string of the molecule is CCC(=O)N[C@H](C)CC(=O)O. The highest BCUT2D eigenvalue weighted by molar-refractivity contribution is 5.76. The van der Waals surface area contributed by atoms with Gasteiger partial charge in [-0.3, -0.25) is 9.59 Å². The Morgan fingerprint density at radius 2 is 2.09 bits per heavy atom. The van der Waals surface area contributed by atoms with E-state index in [1.165, 1.54) is 0 Å². The quantitative estimate of drug-likeness (QED) is 0.623. The minimum atomic E-state index is -0.895. The summed E-state index contributed by atoms with van der Waals surface area (Å²) in [5, 5.41) is 10.9.